The largest absolute Gasteiger partial charge is 0.351 e. The van der Waals surface area contributed by atoms with E-state index in [0.717, 1.165) is 25.3 Å². The minimum Gasteiger partial charge on any atom is -0.351 e. The van der Waals surface area contributed by atoms with Gasteiger partial charge < -0.3 is 9.42 Å². The molecule has 1 amide bonds. The molecule has 20 heavy (non-hydrogen) atoms. The Kier molecular flexibility index (Phi) is 4.06. The molecule has 1 aromatic heterocycles. The topological polar surface area (TPSA) is 46.3 Å². The van der Waals surface area contributed by atoms with Crippen LogP contribution in [0, 0.1) is 0 Å². The Balaban J connectivity index is 1.67. The lowest BCUT2D eigenvalue weighted by molar-refractivity contribution is 0.0724. The van der Waals surface area contributed by atoms with Crippen molar-refractivity contribution in [3.63, 3.8) is 0 Å². The zero-order valence-electron chi connectivity index (χ0n) is 11.1. The first-order valence-corrected chi connectivity index (χ1v) is 7.76. The normalized spacial score (nSPS) is 19.6. The summed E-state index contributed by atoms with van der Waals surface area (Å²) >= 11 is 1.92. The summed E-state index contributed by atoms with van der Waals surface area (Å²) in [5.74, 6) is 1.21. The Morgan fingerprint density at radius 3 is 2.85 bits per heavy atom. The van der Waals surface area contributed by atoms with Gasteiger partial charge in [0.15, 0.2) is 0 Å². The van der Waals surface area contributed by atoms with Gasteiger partial charge >= 0.3 is 0 Å². The number of amides is 1. The third-order valence-electron chi connectivity index (χ3n) is 3.45. The smallest absolute Gasteiger partial charge is 0.292 e. The van der Waals surface area contributed by atoms with E-state index in [1.807, 2.05) is 22.7 Å². The van der Waals surface area contributed by atoms with Gasteiger partial charge in [-0.05, 0) is 12.0 Å². The van der Waals surface area contributed by atoms with E-state index in [0.29, 0.717) is 11.0 Å². The van der Waals surface area contributed by atoms with Crippen LogP contribution >= 0.6 is 11.8 Å². The molecule has 0 aliphatic carbocycles. The lowest BCUT2D eigenvalue weighted by Crippen LogP contribution is -2.32. The molecule has 0 bridgehead atoms. The number of nitrogens with zero attached hydrogens (tertiary/aromatic N) is 2. The molecule has 1 saturated heterocycles. The molecule has 0 unspecified atom stereocenters. The first kappa shape index (κ1) is 13.2. The summed E-state index contributed by atoms with van der Waals surface area (Å²) in [6, 6.07) is 12.1. The summed E-state index contributed by atoms with van der Waals surface area (Å²) in [4.78, 5) is 14.1. The van der Waals surface area contributed by atoms with Crippen molar-refractivity contribution >= 4 is 17.7 Å². The number of carbonyl (C=O) groups is 1. The predicted molar refractivity (Wildman–Crippen MR) is 78.7 cm³/mol. The van der Waals surface area contributed by atoms with E-state index in [2.05, 4.69) is 29.4 Å². The van der Waals surface area contributed by atoms with Gasteiger partial charge in [-0.25, -0.2) is 0 Å². The summed E-state index contributed by atoms with van der Waals surface area (Å²) in [7, 11) is 0. The molecule has 0 radical (unpaired) electrons. The van der Waals surface area contributed by atoms with Crippen LogP contribution < -0.4 is 0 Å². The lowest BCUT2D eigenvalue weighted by Gasteiger charge is -2.18. The van der Waals surface area contributed by atoms with Gasteiger partial charge in [-0.1, -0.05) is 35.5 Å². The predicted octanol–water partition coefficient (Wildman–Crippen LogP) is 3.00. The molecule has 0 saturated carbocycles. The number of aromatic nitrogens is 1. The highest BCUT2D eigenvalue weighted by atomic mass is 32.2. The summed E-state index contributed by atoms with van der Waals surface area (Å²) in [6.45, 7) is 1.51. The second-order valence-corrected chi connectivity index (χ2v) is 6.04. The van der Waals surface area contributed by atoms with Gasteiger partial charge in [0.2, 0.25) is 5.76 Å². The van der Waals surface area contributed by atoms with Gasteiger partial charge in [-0.15, -0.1) is 0 Å². The second kappa shape index (κ2) is 6.13. The third-order valence-corrected chi connectivity index (χ3v) is 4.78. The first-order chi connectivity index (χ1) is 9.84. The Morgan fingerprint density at radius 2 is 2.10 bits per heavy atom. The quantitative estimate of drug-likeness (QED) is 0.852. The van der Waals surface area contributed by atoms with Crippen LogP contribution in [0.25, 0.3) is 0 Å². The van der Waals surface area contributed by atoms with E-state index < -0.39 is 0 Å². The van der Waals surface area contributed by atoms with Crippen LogP contribution in [0.5, 0.6) is 0 Å². The van der Waals surface area contributed by atoms with E-state index in [4.69, 9.17) is 4.52 Å². The molecule has 2 aromatic rings. The van der Waals surface area contributed by atoms with Crippen molar-refractivity contribution in [3.8, 4) is 0 Å². The van der Waals surface area contributed by atoms with Crippen LogP contribution in [0.1, 0.15) is 27.8 Å². The minimum atomic E-state index is -0.0585. The van der Waals surface area contributed by atoms with Crippen molar-refractivity contribution in [2.75, 3.05) is 18.8 Å². The zero-order chi connectivity index (χ0) is 13.8. The van der Waals surface area contributed by atoms with Crippen molar-refractivity contribution in [2.45, 2.75) is 11.7 Å². The molecular weight excluding hydrogens is 272 g/mol. The third kappa shape index (κ3) is 2.88. The Bertz CT molecular complexity index is 557. The Hall–Kier alpha value is -1.75. The molecule has 1 fully saturated rings. The maximum Gasteiger partial charge on any atom is 0.292 e. The average molecular weight is 288 g/mol. The van der Waals surface area contributed by atoms with E-state index in [1.165, 1.54) is 11.8 Å². The van der Waals surface area contributed by atoms with Crippen molar-refractivity contribution < 1.29 is 9.32 Å². The molecule has 0 N–H and O–H groups in total. The molecule has 104 valence electrons. The van der Waals surface area contributed by atoms with Crippen molar-refractivity contribution in [1.82, 2.24) is 10.1 Å². The summed E-state index contributed by atoms with van der Waals surface area (Å²) in [6.07, 6.45) is 2.47. The van der Waals surface area contributed by atoms with Crippen molar-refractivity contribution in [2.24, 2.45) is 0 Å². The van der Waals surface area contributed by atoms with Gasteiger partial charge in [0.25, 0.3) is 5.91 Å². The summed E-state index contributed by atoms with van der Waals surface area (Å²) in [5.41, 5.74) is 1.34. The number of benzene rings is 1. The lowest BCUT2D eigenvalue weighted by atomic mass is 10.1. The van der Waals surface area contributed by atoms with Crippen molar-refractivity contribution in [1.29, 1.82) is 0 Å². The maximum atomic E-state index is 12.2. The van der Waals surface area contributed by atoms with Crippen LogP contribution in [0.3, 0.4) is 0 Å². The summed E-state index contributed by atoms with van der Waals surface area (Å²) < 4.78 is 4.95. The highest BCUT2D eigenvalue weighted by molar-refractivity contribution is 7.99. The minimum absolute atomic E-state index is 0.0585. The van der Waals surface area contributed by atoms with E-state index >= 15 is 0 Å². The van der Waals surface area contributed by atoms with E-state index in [9.17, 15) is 4.79 Å². The van der Waals surface area contributed by atoms with Crippen LogP contribution in [0.15, 0.2) is 47.1 Å². The molecule has 1 aliphatic rings. The van der Waals surface area contributed by atoms with Crippen molar-refractivity contribution in [3.05, 3.63) is 53.9 Å². The Labute approximate surface area is 122 Å². The number of hydrogen-bond acceptors (Lipinski definition) is 4. The molecule has 4 nitrogen and oxygen atoms in total. The van der Waals surface area contributed by atoms with Gasteiger partial charge in [-0.3, -0.25) is 4.79 Å². The molecule has 3 rings (SSSR count). The number of hydrogen-bond donors (Lipinski definition) is 0. The number of rotatable bonds is 2. The van der Waals surface area contributed by atoms with Gasteiger partial charge in [-0.2, -0.15) is 11.8 Å². The Morgan fingerprint density at radius 1 is 1.25 bits per heavy atom. The van der Waals surface area contributed by atoms with E-state index in [-0.39, 0.29) is 5.91 Å². The van der Waals surface area contributed by atoms with Crippen LogP contribution in [0.2, 0.25) is 0 Å². The highest BCUT2D eigenvalue weighted by Gasteiger charge is 2.24. The molecule has 5 heteroatoms. The fourth-order valence-electron chi connectivity index (χ4n) is 2.39. The average Bonchev–Trinajstić information content (AvgIpc) is 2.92. The fraction of sp³-hybridized carbons (Fsp3) is 0.333. The van der Waals surface area contributed by atoms with Gasteiger partial charge in [0.1, 0.15) is 0 Å². The zero-order valence-corrected chi connectivity index (χ0v) is 11.9. The SMILES string of the molecule is O=C(c1ccno1)N1CCS[C@@H](c2ccccc2)CC1. The molecule has 1 aromatic carbocycles. The number of carbonyl (C=O) groups excluding carboxylic acids is 1. The van der Waals surface area contributed by atoms with Gasteiger partial charge in [0, 0.05) is 30.2 Å². The number of thioether (sulfide) groups is 1. The highest BCUT2D eigenvalue weighted by Crippen LogP contribution is 2.34. The van der Waals surface area contributed by atoms with E-state index in [1.54, 1.807) is 6.07 Å². The second-order valence-electron chi connectivity index (χ2n) is 4.73. The first-order valence-electron chi connectivity index (χ1n) is 6.71. The maximum absolute atomic E-state index is 12.2. The fourth-order valence-corrected chi connectivity index (χ4v) is 3.62. The molecule has 1 atom stereocenters. The molecule has 1 aliphatic heterocycles. The monoisotopic (exact) mass is 288 g/mol. The standard InChI is InChI=1S/C15H16N2O2S/c18-15(13-6-8-16-19-13)17-9-7-14(20-11-10-17)12-4-2-1-3-5-12/h1-6,8,14H,7,9-11H2/t14-/m1/s1. The summed E-state index contributed by atoms with van der Waals surface area (Å²) in [5, 5.41) is 4.06. The molecule has 2 heterocycles. The van der Waals surface area contributed by atoms with Gasteiger partial charge in [0.05, 0.1) is 6.20 Å². The molecular formula is C15H16N2O2S. The van der Waals surface area contributed by atoms with Crippen LogP contribution in [-0.2, 0) is 0 Å². The van der Waals surface area contributed by atoms with Crippen LogP contribution in [0.4, 0.5) is 0 Å². The molecule has 0 spiro atoms. The van der Waals surface area contributed by atoms with Crippen LogP contribution in [-0.4, -0.2) is 34.8 Å².